The van der Waals surface area contributed by atoms with E-state index in [2.05, 4.69) is 8.37 Å². The molecule has 0 saturated carbocycles. The van der Waals surface area contributed by atoms with Crippen LogP contribution in [0.25, 0.3) is 0 Å². The van der Waals surface area contributed by atoms with E-state index in [1.54, 1.807) is 0 Å². The molecule has 0 amide bonds. The minimum atomic E-state index is -3.87. The highest BCUT2D eigenvalue weighted by Gasteiger charge is 2.08. The van der Waals surface area contributed by atoms with Crippen LogP contribution in [0.1, 0.15) is 13.3 Å². The van der Waals surface area contributed by atoms with Gasteiger partial charge in [0, 0.05) is 6.42 Å². The van der Waals surface area contributed by atoms with Gasteiger partial charge in [0.25, 0.3) is 0 Å². The van der Waals surface area contributed by atoms with E-state index in [0.29, 0.717) is 0 Å². The fraction of sp³-hybridized carbons (Fsp3) is 1.00. The molecule has 0 radical (unpaired) electrons. The van der Waals surface area contributed by atoms with Crippen LogP contribution in [-0.2, 0) is 18.8 Å². The molecule has 0 rings (SSSR count). The highest BCUT2D eigenvalue weighted by Crippen LogP contribution is 1.96. The van der Waals surface area contributed by atoms with Crippen LogP contribution in [0.5, 0.6) is 0 Å². The summed E-state index contributed by atoms with van der Waals surface area (Å²) in [6.45, 7) is 0.786. The van der Waals surface area contributed by atoms with Crippen LogP contribution in [0.4, 0.5) is 4.39 Å². The van der Waals surface area contributed by atoms with Crippen molar-refractivity contribution in [2.45, 2.75) is 13.3 Å². The van der Waals surface area contributed by atoms with Crippen molar-refractivity contribution in [3.05, 3.63) is 0 Å². The Bertz CT molecular complexity index is 177. The van der Waals surface area contributed by atoms with E-state index in [-0.39, 0.29) is 19.6 Å². The van der Waals surface area contributed by atoms with Crippen molar-refractivity contribution in [1.82, 2.24) is 0 Å². The maximum Gasteiger partial charge on any atom is 0.399 e. The summed E-state index contributed by atoms with van der Waals surface area (Å²) in [6, 6.07) is 0. The minimum Gasteiger partial charge on any atom is -0.251 e. The van der Waals surface area contributed by atoms with E-state index in [4.69, 9.17) is 0 Å². The van der Waals surface area contributed by atoms with Gasteiger partial charge in [0.05, 0.1) is 19.9 Å². The molecule has 0 aliphatic carbocycles. The van der Waals surface area contributed by atoms with Crippen LogP contribution in [0.3, 0.4) is 0 Å². The number of rotatable bonds is 6. The first-order valence-electron chi connectivity index (χ1n) is 3.22. The average molecular weight is 186 g/mol. The fourth-order valence-electron chi connectivity index (χ4n) is 0.394. The van der Waals surface area contributed by atoms with Crippen LogP contribution in [-0.4, -0.2) is 28.3 Å². The third-order valence-corrected chi connectivity index (χ3v) is 1.75. The first kappa shape index (κ1) is 10.8. The van der Waals surface area contributed by atoms with Gasteiger partial charge in [-0.15, -0.1) is 0 Å². The molecular weight excluding hydrogens is 175 g/mol. The molecule has 0 aromatic rings. The molecular formula is C5H11FO4S. The Morgan fingerprint density at radius 3 is 2.45 bits per heavy atom. The van der Waals surface area contributed by atoms with Crippen molar-refractivity contribution in [2.24, 2.45) is 0 Å². The van der Waals surface area contributed by atoms with E-state index in [0.717, 1.165) is 0 Å². The Kier molecular flexibility index (Phi) is 5.35. The molecule has 0 aliphatic rings. The number of alkyl halides is 1. The van der Waals surface area contributed by atoms with Gasteiger partial charge in [-0.3, -0.25) is 4.39 Å². The van der Waals surface area contributed by atoms with Gasteiger partial charge in [-0.05, 0) is 6.92 Å². The largest absolute Gasteiger partial charge is 0.399 e. The summed E-state index contributed by atoms with van der Waals surface area (Å²) in [4.78, 5) is 0. The van der Waals surface area contributed by atoms with Crippen LogP contribution in [0, 0.1) is 0 Å². The van der Waals surface area contributed by atoms with Crippen molar-refractivity contribution in [1.29, 1.82) is 0 Å². The van der Waals surface area contributed by atoms with Crippen molar-refractivity contribution in [3.8, 4) is 0 Å². The van der Waals surface area contributed by atoms with Crippen LogP contribution < -0.4 is 0 Å². The lowest BCUT2D eigenvalue weighted by Crippen LogP contribution is -2.10. The van der Waals surface area contributed by atoms with Gasteiger partial charge in [-0.1, -0.05) is 0 Å². The van der Waals surface area contributed by atoms with Gasteiger partial charge in [0.15, 0.2) is 0 Å². The Morgan fingerprint density at radius 1 is 1.36 bits per heavy atom. The van der Waals surface area contributed by atoms with E-state index in [1.165, 1.54) is 6.92 Å². The SMILES string of the molecule is CCOS(=O)(=O)OCCCF. The van der Waals surface area contributed by atoms with E-state index >= 15 is 0 Å². The van der Waals surface area contributed by atoms with Crippen LogP contribution >= 0.6 is 0 Å². The second-order valence-electron chi connectivity index (χ2n) is 1.68. The number of halogens is 1. The van der Waals surface area contributed by atoms with Crippen LogP contribution in [0.15, 0.2) is 0 Å². The predicted octanol–water partition coefficient (Wildman–Crippen LogP) is 0.644. The maximum atomic E-state index is 11.4. The Balaban J connectivity index is 3.56. The molecule has 0 bridgehead atoms. The molecule has 0 aliphatic heterocycles. The van der Waals surface area contributed by atoms with Gasteiger partial charge in [0.1, 0.15) is 0 Å². The molecule has 0 fully saturated rings. The lowest BCUT2D eigenvalue weighted by Gasteiger charge is -2.01. The monoisotopic (exact) mass is 186 g/mol. The molecule has 0 spiro atoms. The normalized spacial score (nSPS) is 11.8. The lowest BCUT2D eigenvalue weighted by molar-refractivity contribution is 0.214. The summed E-state index contributed by atoms with van der Waals surface area (Å²) in [5.74, 6) is 0. The molecule has 68 valence electrons. The van der Waals surface area contributed by atoms with E-state index in [9.17, 15) is 12.8 Å². The molecule has 6 heteroatoms. The highest BCUT2D eigenvalue weighted by atomic mass is 32.3. The van der Waals surface area contributed by atoms with Crippen molar-refractivity contribution < 1.29 is 21.2 Å². The van der Waals surface area contributed by atoms with Crippen LogP contribution in [0.2, 0.25) is 0 Å². The first-order valence-corrected chi connectivity index (χ1v) is 4.55. The maximum absolute atomic E-state index is 11.4. The predicted molar refractivity (Wildman–Crippen MR) is 37.1 cm³/mol. The van der Waals surface area contributed by atoms with Gasteiger partial charge in [0.2, 0.25) is 0 Å². The molecule has 0 aromatic carbocycles. The summed E-state index contributed by atoms with van der Waals surface area (Å²) in [7, 11) is -3.87. The molecule has 11 heavy (non-hydrogen) atoms. The third kappa shape index (κ3) is 6.21. The summed E-state index contributed by atoms with van der Waals surface area (Å²) < 4.78 is 40.9. The molecule has 0 saturated heterocycles. The number of hydrogen-bond acceptors (Lipinski definition) is 4. The second kappa shape index (κ2) is 5.45. The van der Waals surface area contributed by atoms with Gasteiger partial charge < -0.3 is 0 Å². The molecule has 0 unspecified atom stereocenters. The molecule has 0 aromatic heterocycles. The highest BCUT2D eigenvalue weighted by molar-refractivity contribution is 7.81. The summed E-state index contributed by atoms with van der Waals surface area (Å²) in [5, 5.41) is 0. The third-order valence-electron chi connectivity index (χ3n) is 0.768. The topological polar surface area (TPSA) is 52.6 Å². The van der Waals surface area contributed by atoms with Gasteiger partial charge in [-0.2, -0.15) is 8.42 Å². The quantitative estimate of drug-likeness (QED) is 0.571. The Labute approximate surface area is 65.6 Å². The molecule has 0 atom stereocenters. The lowest BCUT2D eigenvalue weighted by atomic mass is 10.5. The summed E-state index contributed by atoms with van der Waals surface area (Å²) in [5.41, 5.74) is 0. The molecule has 4 nitrogen and oxygen atoms in total. The average Bonchev–Trinajstić information content (AvgIpc) is 1.87. The standard InChI is InChI=1S/C5H11FO4S/c1-2-9-11(7,8)10-5-3-4-6/h2-5H2,1H3. The fourth-order valence-corrected chi connectivity index (χ4v) is 1.07. The zero-order valence-corrected chi connectivity index (χ0v) is 7.06. The Hall–Kier alpha value is -0.200. The molecule has 0 N–H and O–H groups in total. The Morgan fingerprint density at radius 2 is 2.00 bits per heavy atom. The van der Waals surface area contributed by atoms with Gasteiger partial charge >= 0.3 is 10.4 Å². The smallest absolute Gasteiger partial charge is 0.251 e. The zero-order valence-electron chi connectivity index (χ0n) is 6.25. The number of hydrogen-bond donors (Lipinski definition) is 0. The minimum absolute atomic E-state index is 0.0258. The van der Waals surface area contributed by atoms with E-state index < -0.39 is 17.1 Å². The van der Waals surface area contributed by atoms with Crippen molar-refractivity contribution in [3.63, 3.8) is 0 Å². The first-order chi connectivity index (χ1) is 5.12. The second-order valence-corrected chi connectivity index (χ2v) is 2.97. The van der Waals surface area contributed by atoms with Gasteiger partial charge in [-0.25, -0.2) is 8.37 Å². The zero-order chi connectivity index (χ0) is 8.74. The summed E-state index contributed by atoms with van der Waals surface area (Å²) in [6.07, 6.45) is 0.0618. The van der Waals surface area contributed by atoms with Crippen molar-refractivity contribution >= 4 is 10.4 Å². The van der Waals surface area contributed by atoms with Crippen molar-refractivity contribution in [2.75, 3.05) is 19.9 Å². The van der Waals surface area contributed by atoms with E-state index in [1.807, 2.05) is 0 Å². The summed E-state index contributed by atoms with van der Waals surface area (Å²) >= 11 is 0. The molecule has 0 heterocycles.